The molecular formula is C14H29NO7Si. The SMILES string of the molecule is CCO[Si](CCCN(C)[C@@H](CC(=O)O)C(=O)O)(OCC)OCC. The third-order valence-corrected chi connectivity index (χ3v) is 6.42. The molecule has 0 spiro atoms. The van der Waals surface area contributed by atoms with Crippen molar-refractivity contribution in [1.82, 2.24) is 4.90 Å². The molecule has 0 aromatic carbocycles. The molecule has 0 saturated carbocycles. The van der Waals surface area contributed by atoms with E-state index in [-0.39, 0.29) is 0 Å². The van der Waals surface area contributed by atoms with E-state index in [4.69, 9.17) is 23.5 Å². The fourth-order valence-corrected chi connectivity index (χ4v) is 4.89. The number of aliphatic carboxylic acids is 2. The van der Waals surface area contributed by atoms with Crippen LogP contribution in [0, 0.1) is 0 Å². The Morgan fingerprint density at radius 3 is 1.87 bits per heavy atom. The molecule has 0 heterocycles. The lowest BCUT2D eigenvalue weighted by Crippen LogP contribution is -2.47. The highest BCUT2D eigenvalue weighted by Gasteiger charge is 2.40. The van der Waals surface area contributed by atoms with Crippen LogP contribution < -0.4 is 0 Å². The molecule has 1 atom stereocenters. The van der Waals surface area contributed by atoms with Gasteiger partial charge < -0.3 is 23.5 Å². The summed E-state index contributed by atoms with van der Waals surface area (Å²) < 4.78 is 17.2. The summed E-state index contributed by atoms with van der Waals surface area (Å²) >= 11 is 0. The molecule has 0 rings (SSSR count). The molecule has 0 unspecified atom stereocenters. The lowest BCUT2D eigenvalue weighted by Gasteiger charge is -2.30. The smallest absolute Gasteiger partial charge is 0.481 e. The Balaban J connectivity index is 4.65. The molecule has 0 aromatic heterocycles. The molecule has 0 aliphatic carbocycles. The van der Waals surface area contributed by atoms with Gasteiger partial charge in [-0.25, -0.2) is 0 Å². The van der Waals surface area contributed by atoms with Crippen LogP contribution in [0.2, 0.25) is 6.04 Å². The minimum atomic E-state index is -2.75. The van der Waals surface area contributed by atoms with E-state index in [9.17, 15) is 9.59 Å². The van der Waals surface area contributed by atoms with Gasteiger partial charge in [-0.3, -0.25) is 14.5 Å². The first-order valence-corrected chi connectivity index (χ1v) is 9.81. The number of hydrogen-bond donors (Lipinski definition) is 2. The summed E-state index contributed by atoms with van der Waals surface area (Å²) in [5, 5.41) is 17.9. The van der Waals surface area contributed by atoms with Crippen molar-refractivity contribution in [1.29, 1.82) is 0 Å². The molecule has 8 nitrogen and oxygen atoms in total. The largest absolute Gasteiger partial charge is 0.500 e. The van der Waals surface area contributed by atoms with Crippen LogP contribution in [-0.2, 0) is 22.9 Å². The molecule has 136 valence electrons. The second kappa shape index (κ2) is 11.5. The highest BCUT2D eigenvalue weighted by atomic mass is 28.4. The van der Waals surface area contributed by atoms with Gasteiger partial charge in [0, 0.05) is 25.9 Å². The zero-order valence-electron chi connectivity index (χ0n) is 14.4. The second-order valence-corrected chi connectivity index (χ2v) is 7.75. The standard InChI is InChI=1S/C14H29NO7Si/c1-5-20-23(21-6-2,22-7-3)10-8-9-15(4)12(14(18)19)11-13(16)17/h12H,5-11H2,1-4H3,(H,16,17)(H,18,19)/t12-/m0/s1. The monoisotopic (exact) mass is 351 g/mol. The molecule has 0 saturated heterocycles. The fourth-order valence-electron chi connectivity index (χ4n) is 2.30. The van der Waals surface area contributed by atoms with Gasteiger partial charge >= 0.3 is 20.7 Å². The Labute approximate surface area is 138 Å². The average Bonchev–Trinajstić information content (AvgIpc) is 2.45. The minimum Gasteiger partial charge on any atom is -0.481 e. The molecule has 0 aliphatic rings. The number of carbonyl (C=O) groups is 2. The summed E-state index contributed by atoms with van der Waals surface area (Å²) in [5.41, 5.74) is 0. The van der Waals surface area contributed by atoms with E-state index in [1.54, 1.807) is 7.05 Å². The quantitative estimate of drug-likeness (QED) is 0.451. The van der Waals surface area contributed by atoms with Gasteiger partial charge in [0.1, 0.15) is 6.04 Å². The number of likely N-dealkylation sites (N-methyl/N-ethyl adjacent to an activating group) is 1. The van der Waals surface area contributed by atoms with Crippen molar-refractivity contribution >= 4 is 20.7 Å². The van der Waals surface area contributed by atoms with Crippen molar-refractivity contribution in [2.24, 2.45) is 0 Å². The van der Waals surface area contributed by atoms with E-state index >= 15 is 0 Å². The number of carboxylic acids is 2. The van der Waals surface area contributed by atoms with E-state index in [1.807, 2.05) is 20.8 Å². The predicted octanol–water partition coefficient (Wildman–Crippen LogP) is 1.28. The molecule has 0 fully saturated rings. The van der Waals surface area contributed by atoms with Crippen LogP contribution in [0.25, 0.3) is 0 Å². The van der Waals surface area contributed by atoms with Crippen molar-refractivity contribution in [3.05, 3.63) is 0 Å². The lowest BCUT2D eigenvalue weighted by atomic mass is 10.2. The molecule has 0 aliphatic heterocycles. The number of nitrogens with zero attached hydrogens (tertiary/aromatic N) is 1. The Kier molecular flexibility index (Phi) is 11.0. The van der Waals surface area contributed by atoms with E-state index in [0.717, 1.165) is 0 Å². The first kappa shape index (κ1) is 22.0. The van der Waals surface area contributed by atoms with Gasteiger partial charge in [0.15, 0.2) is 0 Å². The summed E-state index contributed by atoms with van der Waals surface area (Å²) in [6.45, 7) is 7.50. The summed E-state index contributed by atoms with van der Waals surface area (Å²) in [5.74, 6) is -2.27. The van der Waals surface area contributed by atoms with Crippen LogP contribution in [0.15, 0.2) is 0 Å². The van der Waals surface area contributed by atoms with Gasteiger partial charge in [-0.05, 0) is 40.8 Å². The molecule has 0 amide bonds. The zero-order valence-corrected chi connectivity index (χ0v) is 15.4. The maximum absolute atomic E-state index is 11.2. The Morgan fingerprint density at radius 1 is 1.04 bits per heavy atom. The van der Waals surface area contributed by atoms with Crippen molar-refractivity contribution < 1.29 is 33.1 Å². The number of carboxylic acid groups (broad SMARTS) is 2. The third-order valence-electron chi connectivity index (χ3n) is 3.27. The van der Waals surface area contributed by atoms with E-state index in [0.29, 0.717) is 38.8 Å². The van der Waals surface area contributed by atoms with Crippen LogP contribution >= 0.6 is 0 Å². The summed E-state index contributed by atoms with van der Waals surface area (Å²) in [6.07, 6.45) is 0.170. The molecule has 0 aromatic rings. The van der Waals surface area contributed by atoms with Crippen LogP contribution in [0.5, 0.6) is 0 Å². The first-order valence-electron chi connectivity index (χ1n) is 7.88. The van der Waals surface area contributed by atoms with Gasteiger partial charge in [0.25, 0.3) is 0 Å². The highest BCUT2D eigenvalue weighted by molar-refractivity contribution is 6.60. The Morgan fingerprint density at radius 2 is 1.52 bits per heavy atom. The average molecular weight is 351 g/mol. The van der Waals surface area contributed by atoms with Gasteiger partial charge in [-0.2, -0.15) is 0 Å². The lowest BCUT2D eigenvalue weighted by molar-refractivity contribution is -0.149. The highest BCUT2D eigenvalue weighted by Crippen LogP contribution is 2.19. The number of rotatable bonds is 14. The molecular weight excluding hydrogens is 322 g/mol. The predicted molar refractivity (Wildman–Crippen MR) is 86.4 cm³/mol. The van der Waals surface area contributed by atoms with Crippen LogP contribution in [0.4, 0.5) is 0 Å². The van der Waals surface area contributed by atoms with E-state index in [2.05, 4.69) is 0 Å². The Hall–Kier alpha value is -1.00. The molecule has 0 radical (unpaired) electrons. The minimum absolute atomic E-state index is 0.423. The maximum atomic E-state index is 11.2. The molecule has 2 N–H and O–H groups in total. The van der Waals surface area contributed by atoms with Crippen LogP contribution in [0.1, 0.15) is 33.6 Å². The van der Waals surface area contributed by atoms with E-state index < -0.39 is 33.2 Å². The zero-order chi connectivity index (χ0) is 17.9. The van der Waals surface area contributed by atoms with Gasteiger partial charge in [0.05, 0.1) is 6.42 Å². The van der Waals surface area contributed by atoms with Gasteiger partial charge in [0.2, 0.25) is 0 Å². The normalized spacial score (nSPS) is 13.3. The molecule has 0 bridgehead atoms. The molecule has 9 heteroatoms. The van der Waals surface area contributed by atoms with Crippen molar-refractivity contribution in [2.45, 2.75) is 45.7 Å². The summed E-state index contributed by atoms with van der Waals surface area (Å²) in [6, 6.07) is -0.485. The van der Waals surface area contributed by atoms with E-state index in [1.165, 1.54) is 4.90 Å². The topological polar surface area (TPSA) is 106 Å². The molecule has 23 heavy (non-hydrogen) atoms. The second-order valence-electron chi connectivity index (χ2n) is 5.02. The summed E-state index contributed by atoms with van der Waals surface area (Å²) in [4.78, 5) is 23.5. The van der Waals surface area contributed by atoms with Gasteiger partial charge in [-0.15, -0.1) is 0 Å². The van der Waals surface area contributed by atoms with Gasteiger partial charge in [-0.1, -0.05) is 0 Å². The van der Waals surface area contributed by atoms with Crippen molar-refractivity contribution in [3.63, 3.8) is 0 Å². The van der Waals surface area contributed by atoms with Crippen molar-refractivity contribution in [2.75, 3.05) is 33.4 Å². The van der Waals surface area contributed by atoms with Crippen molar-refractivity contribution in [3.8, 4) is 0 Å². The number of hydrogen-bond acceptors (Lipinski definition) is 6. The summed E-state index contributed by atoms with van der Waals surface area (Å²) in [7, 11) is -1.14. The maximum Gasteiger partial charge on any atom is 0.500 e. The third kappa shape index (κ3) is 8.42. The van der Waals surface area contributed by atoms with Crippen LogP contribution in [-0.4, -0.2) is 75.3 Å². The van der Waals surface area contributed by atoms with Crippen LogP contribution in [0.3, 0.4) is 0 Å². The first-order chi connectivity index (χ1) is 10.8. The Bertz CT molecular complexity index is 350. The fraction of sp³-hybridized carbons (Fsp3) is 0.857.